The van der Waals surface area contributed by atoms with Gasteiger partial charge in [0, 0.05) is 36.9 Å². The van der Waals surface area contributed by atoms with Gasteiger partial charge in [0.25, 0.3) is 0 Å². The van der Waals surface area contributed by atoms with E-state index in [-0.39, 0.29) is 0 Å². The Morgan fingerprint density at radius 2 is 1.79 bits per heavy atom. The van der Waals surface area contributed by atoms with Crippen LogP contribution in [0, 0.1) is 0 Å². The molecule has 0 saturated heterocycles. The second kappa shape index (κ2) is 8.45. The molecule has 34 heavy (non-hydrogen) atoms. The summed E-state index contributed by atoms with van der Waals surface area (Å²) in [5.41, 5.74) is 8.20. The van der Waals surface area contributed by atoms with E-state index in [0.29, 0.717) is 11.5 Å². The molecule has 0 unspecified atom stereocenters. The Hall–Kier alpha value is -4.50. The van der Waals surface area contributed by atoms with Gasteiger partial charge >= 0.3 is 0 Å². The van der Waals surface area contributed by atoms with Gasteiger partial charge in [-0.25, -0.2) is 9.97 Å². The molecule has 0 spiro atoms. The maximum Gasteiger partial charge on any atom is 0.161 e. The SMILES string of the molecule is CCNCc1cncc(-c2ccc3[nH]nc(-c4nc5c(-c6ccccn6)nccc5[nH]4)c3n2)c1. The second-order valence-electron chi connectivity index (χ2n) is 7.88. The Kier molecular flexibility index (Phi) is 5.00. The van der Waals surface area contributed by atoms with E-state index in [9.17, 15) is 0 Å². The normalized spacial score (nSPS) is 11.4. The summed E-state index contributed by atoms with van der Waals surface area (Å²) >= 11 is 0. The molecule has 166 valence electrons. The van der Waals surface area contributed by atoms with Crippen LogP contribution in [0.25, 0.3) is 56.2 Å². The van der Waals surface area contributed by atoms with Crippen molar-refractivity contribution in [2.24, 2.45) is 0 Å². The fraction of sp³-hybridized carbons (Fsp3) is 0.120. The van der Waals surface area contributed by atoms with Crippen molar-refractivity contribution >= 4 is 22.1 Å². The van der Waals surface area contributed by atoms with E-state index in [1.807, 2.05) is 48.8 Å². The van der Waals surface area contributed by atoms with Crippen molar-refractivity contribution in [1.82, 2.24) is 45.4 Å². The highest BCUT2D eigenvalue weighted by Crippen LogP contribution is 2.30. The number of H-pyrrole nitrogens is 2. The molecule has 0 fully saturated rings. The average Bonchev–Trinajstić information content (AvgIpc) is 3.51. The molecule has 0 amide bonds. The van der Waals surface area contributed by atoms with Gasteiger partial charge in [-0.15, -0.1) is 0 Å². The molecule has 6 aromatic rings. The van der Waals surface area contributed by atoms with Gasteiger partial charge < -0.3 is 10.3 Å². The van der Waals surface area contributed by atoms with Crippen LogP contribution >= 0.6 is 0 Å². The number of pyridine rings is 4. The Morgan fingerprint density at radius 3 is 2.68 bits per heavy atom. The fourth-order valence-electron chi connectivity index (χ4n) is 3.96. The Bertz CT molecular complexity index is 1600. The topological polar surface area (TPSA) is 121 Å². The first kappa shape index (κ1) is 20.1. The molecule has 6 rings (SSSR count). The highest BCUT2D eigenvalue weighted by atomic mass is 15.2. The molecule has 9 nitrogen and oxygen atoms in total. The van der Waals surface area contributed by atoms with Crippen molar-refractivity contribution in [3.05, 3.63) is 72.8 Å². The minimum atomic E-state index is 0.620. The minimum absolute atomic E-state index is 0.620. The van der Waals surface area contributed by atoms with Crippen LogP contribution in [0.4, 0.5) is 0 Å². The lowest BCUT2D eigenvalue weighted by atomic mass is 10.1. The summed E-state index contributed by atoms with van der Waals surface area (Å²) in [7, 11) is 0. The van der Waals surface area contributed by atoms with Crippen LogP contribution in [-0.4, -0.2) is 46.6 Å². The molecule has 0 aliphatic rings. The lowest BCUT2D eigenvalue weighted by molar-refractivity contribution is 0.724. The van der Waals surface area contributed by atoms with Gasteiger partial charge in [-0.1, -0.05) is 13.0 Å². The van der Waals surface area contributed by atoms with E-state index in [1.54, 1.807) is 12.4 Å². The first-order valence-corrected chi connectivity index (χ1v) is 11.1. The van der Waals surface area contributed by atoms with Crippen molar-refractivity contribution in [3.63, 3.8) is 0 Å². The monoisotopic (exact) mass is 447 g/mol. The molecule has 0 atom stereocenters. The van der Waals surface area contributed by atoms with Gasteiger partial charge in [0.1, 0.15) is 16.7 Å². The second-order valence-corrected chi connectivity index (χ2v) is 7.88. The van der Waals surface area contributed by atoms with Gasteiger partial charge in [-0.3, -0.25) is 20.1 Å². The number of aromatic nitrogens is 8. The predicted molar refractivity (Wildman–Crippen MR) is 131 cm³/mol. The zero-order chi connectivity index (χ0) is 22.9. The third-order valence-corrected chi connectivity index (χ3v) is 5.61. The number of nitrogens with zero attached hydrogens (tertiary/aromatic N) is 6. The lowest BCUT2D eigenvalue weighted by Gasteiger charge is -2.05. The predicted octanol–water partition coefficient (Wildman–Crippen LogP) is 4.13. The van der Waals surface area contributed by atoms with E-state index in [1.165, 1.54) is 0 Å². The minimum Gasteiger partial charge on any atom is -0.336 e. The smallest absolute Gasteiger partial charge is 0.161 e. The summed E-state index contributed by atoms with van der Waals surface area (Å²) in [4.78, 5) is 26.5. The van der Waals surface area contributed by atoms with Crippen molar-refractivity contribution in [2.75, 3.05) is 6.54 Å². The number of hydrogen-bond donors (Lipinski definition) is 3. The highest BCUT2D eigenvalue weighted by molar-refractivity contribution is 5.94. The average molecular weight is 448 g/mol. The molecular formula is C25H21N9. The number of imidazole rings is 1. The first-order valence-electron chi connectivity index (χ1n) is 11.1. The molecule has 0 radical (unpaired) electrons. The highest BCUT2D eigenvalue weighted by Gasteiger charge is 2.17. The number of aromatic amines is 2. The molecule has 6 aromatic heterocycles. The molecule has 0 bridgehead atoms. The van der Waals surface area contributed by atoms with Crippen molar-refractivity contribution < 1.29 is 0 Å². The van der Waals surface area contributed by atoms with Gasteiger partial charge in [-0.05, 0) is 48.5 Å². The molecule has 6 heterocycles. The number of rotatable bonds is 6. The maximum absolute atomic E-state index is 4.91. The number of hydrogen-bond acceptors (Lipinski definition) is 7. The van der Waals surface area contributed by atoms with Crippen LogP contribution < -0.4 is 5.32 Å². The lowest BCUT2D eigenvalue weighted by Crippen LogP contribution is -2.11. The molecule has 9 heteroatoms. The Balaban J connectivity index is 1.44. The van der Waals surface area contributed by atoms with Crippen LogP contribution in [-0.2, 0) is 6.54 Å². The zero-order valence-corrected chi connectivity index (χ0v) is 18.4. The van der Waals surface area contributed by atoms with E-state index < -0.39 is 0 Å². The molecular weight excluding hydrogens is 426 g/mol. The van der Waals surface area contributed by atoms with Gasteiger partial charge in [-0.2, -0.15) is 5.10 Å². The van der Waals surface area contributed by atoms with Gasteiger partial charge in [0.15, 0.2) is 11.5 Å². The quantitative estimate of drug-likeness (QED) is 0.351. The molecule has 0 aromatic carbocycles. The van der Waals surface area contributed by atoms with Crippen LogP contribution in [0.5, 0.6) is 0 Å². The largest absolute Gasteiger partial charge is 0.336 e. The first-order chi connectivity index (χ1) is 16.8. The van der Waals surface area contributed by atoms with E-state index in [4.69, 9.17) is 9.97 Å². The van der Waals surface area contributed by atoms with Gasteiger partial charge in [0.05, 0.1) is 22.4 Å². The van der Waals surface area contributed by atoms with Crippen molar-refractivity contribution in [2.45, 2.75) is 13.5 Å². The van der Waals surface area contributed by atoms with Crippen LogP contribution in [0.2, 0.25) is 0 Å². The summed E-state index contributed by atoms with van der Waals surface area (Å²) in [6.45, 7) is 3.75. The maximum atomic E-state index is 4.91. The van der Waals surface area contributed by atoms with Crippen LogP contribution in [0.3, 0.4) is 0 Å². The fourth-order valence-corrected chi connectivity index (χ4v) is 3.96. The number of fused-ring (bicyclic) bond motifs is 2. The standard InChI is InChI=1S/C25H21N9/c1-2-26-12-15-11-16(14-27-13-15)17-6-7-20-23(30-17)24(34-33-20)25-31-19-8-10-29-21(22(19)32-25)18-5-3-4-9-28-18/h3-11,13-14,26H,2,12H2,1H3,(H,31,32)(H,33,34). The third-order valence-electron chi connectivity index (χ3n) is 5.61. The van der Waals surface area contributed by atoms with Crippen molar-refractivity contribution in [3.8, 4) is 34.2 Å². The zero-order valence-electron chi connectivity index (χ0n) is 18.4. The molecule has 0 saturated carbocycles. The van der Waals surface area contributed by atoms with Crippen LogP contribution in [0.15, 0.2) is 67.3 Å². The summed E-state index contributed by atoms with van der Waals surface area (Å²) in [6, 6.07) is 13.7. The summed E-state index contributed by atoms with van der Waals surface area (Å²) in [6.07, 6.45) is 7.20. The van der Waals surface area contributed by atoms with E-state index in [0.717, 1.165) is 63.4 Å². The molecule has 0 aliphatic heterocycles. The molecule has 3 N–H and O–H groups in total. The summed E-state index contributed by atoms with van der Waals surface area (Å²) < 4.78 is 0. The summed E-state index contributed by atoms with van der Waals surface area (Å²) in [5.74, 6) is 0.620. The van der Waals surface area contributed by atoms with E-state index >= 15 is 0 Å². The Morgan fingerprint density at radius 1 is 0.853 bits per heavy atom. The Labute approximate surface area is 194 Å². The summed E-state index contributed by atoms with van der Waals surface area (Å²) in [5, 5.41) is 10.9. The number of nitrogens with one attached hydrogen (secondary N) is 3. The van der Waals surface area contributed by atoms with Crippen molar-refractivity contribution in [1.29, 1.82) is 0 Å². The van der Waals surface area contributed by atoms with E-state index in [2.05, 4.69) is 48.4 Å². The van der Waals surface area contributed by atoms with Crippen LogP contribution in [0.1, 0.15) is 12.5 Å². The third kappa shape index (κ3) is 3.57. The van der Waals surface area contributed by atoms with Gasteiger partial charge in [0.2, 0.25) is 0 Å². The molecule has 0 aliphatic carbocycles.